The maximum absolute atomic E-state index is 12.5. The molecular formula is C20H20N2O2. The number of aliphatic hydroxyl groups is 1. The Morgan fingerprint density at radius 3 is 2.62 bits per heavy atom. The molecule has 1 aliphatic rings. The lowest BCUT2D eigenvalue weighted by Gasteiger charge is -2.42. The second-order valence-electron chi connectivity index (χ2n) is 6.95. The first kappa shape index (κ1) is 16.2. The minimum atomic E-state index is -0.730. The molecule has 0 spiro atoms. The third-order valence-corrected chi connectivity index (χ3v) is 4.70. The lowest BCUT2D eigenvalue weighted by atomic mass is 9.69. The summed E-state index contributed by atoms with van der Waals surface area (Å²) >= 11 is 0. The molecule has 0 aromatic heterocycles. The van der Waals surface area contributed by atoms with E-state index in [9.17, 15) is 9.90 Å². The zero-order chi connectivity index (χ0) is 17.3. The standard InChI is InChI=1S/C20H20N2O2/c1-20(2)11-15-9-8-13(12-21)10-16(15)17(18(20)23)22-19(24)14-6-4-3-5-7-14/h3-10,17-18,23H,11H2,1-2H3,(H,22,24)/t17-,18+/m1/s1. The number of fused-ring (bicyclic) bond motifs is 1. The van der Waals surface area contributed by atoms with Gasteiger partial charge in [-0.15, -0.1) is 0 Å². The van der Waals surface area contributed by atoms with Crippen LogP contribution >= 0.6 is 0 Å². The first-order chi connectivity index (χ1) is 11.4. The van der Waals surface area contributed by atoms with Crippen LogP contribution in [0, 0.1) is 16.7 Å². The minimum Gasteiger partial charge on any atom is -0.390 e. The van der Waals surface area contributed by atoms with Crippen LogP contribution in [0.15, 0.2) is 48.5 Å². The monoisotopic (exact) mass is 320 g/mol. The maximum atomic E-state index is 12.5. The van der Waals surface area contributed by atoms with Gasteiger partial charge >= 0.3 is 0 Å². The Morgan fingerprint density at radius 2 is 1.96 bits per heavy atom. The molecule has 0 bridgehead atoms. The highest BCUT2D eigenvalue weighted by atomic mass is 16.3. The van der Waals surface area contributed by atoms with Crippen molar-refractivity contribution in [1.82, 2.24) is 5.32 Å². The van der Waals surface area contributed by atoms with Crippen LogP contribution in [-0.4, -0.2) is 17.1 Å². The van der Waals surface area contributed by atoms with Crippen LogP contribution in [0.3, 0.4) is 0 Å². The van der Waals surface area contributed by atoms with Crippen LogP contribution in [0.25, 0.3) is 0 Å². The molecule has 1 aliphatic carbocycles. The third-order valence-electron chi connectivity index (χ3n) is 4.70. The van der Waals surface area contributed by atoms with Gasteiger partial charge in [0.25, 0.3) is 5.91 Å². The van der Waals surface area contributed by atoms with Gasteiger partial charge in [-0.1, -0.05) is 38.1 Å². The first-order valence-corrected chi connectivity index (χ1v) is 7.99. The van der Waals surface area contributed by atoms with E-state index in [-0.39, 0.29) is 11.3 Å². The highest BCUT2D eigenvalue weighted by Gasteiger charge is 2.41. The first-order valence-electron chi connectivity index (χ1n) is 7.99. The summed E-state index contributed by atoms with van der Waals surface area (Å²) in [7, 11) is 0. The molecule has 0 saturated carbocycles. The van der Waals surface area contributed by atoms with E-state index >= 15 is 0 Å². The van der Waals surface area contributed by atoms with Gasteiger partial charge in [-0.2, -0.15) is 5.26 Å². The quantitative estimate of drug-likeness (QED) is 0.893. The Hall–Kier alpha value is -2.64. The van der Waals surface area contributed by atoms with Gasteiger partial charge in [-0.3, -0.25) is 4.79 Å². The molecule has 0 saturated heterocycles. The molecule has 4 nitrogen and oxygen atoms in total. The Bertz CT molecular complexity index is 806. The van der Waals surface area contributed by atoms with Gasteiger partial charge in [0.15, 0.2) is 0 Å². The van der Waals surface area contributed by atoms with Crippen LogP contribution in [0.4, 0.5) is 0 Å². The Labute approximate surface area is 141 Å². The van der Waals surface area contributed by atoms with Crippen molar-refractivity contribution in [1.29, 1.82) is 5.26 Å². The second-order valence-corrected chi connectivity index (χ2v) is 6.95. The number of hydrogen-bond acceptors (Lipinski definition) is 3. The van der Waals surface area contributed by atoms with Crippen molar-refractivity contribution in [2.75, 3.05) is 0 Å². The van der Waals surface area contributed by atoms with E-state index in [2.05, 4.69) is 11.4 Å². The van der Waals surface area contributed by atoms with Crippen molar-refractivity contribution < 1.29 is 9.90 Å². The summed E-state index contributed by atoms with van der Waals surface area (Å²) in [6.07, 6.45) is -0.0287. The average molecular weight is 320 g/mol. The van der Waals surface area contributed by atoms with Crippen molar-refractivity contribution in [3.05, 3.63) is 70.8 Å². The molecule has 2 N–H and O–H groups in total. The summed E-state index contributed by atoms with van der Waals surface area (Å²) in [4.78, 5) is 12.5. The Balaban J connectivity index is 1.99. The number of nitriles is 1. The highest BCUT2D eigenvalue weighted by molar-refractivity contribution is 5.94. The summed E-state index contributed by atoms with van der Waals surface area (Å²) in [5.41, 5.74) is 2.59. The largest absolute Gasteiger partial charge is 0.390 e. The number of rotatable bonds is 2. The van der Waals surface area contributed by atoms with E-state index in [1.165, 1.54) is 0 Å². The van der Waals surface area contributed by atoms with Gasteiger partial charge in [0.05, 0.1) is 23.8 Å². The fourth-order valence-corrected chi connectivity index (χ4v) is 3.30. The number of amides is 1. The van der Waals surface area contributed by atoms with Crippen molar-refractivity contribution in [3.63, 3.8) is 0 Å². The van der Waals surface area contributed by atoms with Crippen LogP contribution in [0.5, 0.6) is 0 Å². The van der Waals surface area contributed by atoms with Gasteiger partial charge in [0.2, 0.25) is 0 Å². The predicted molar refractivity (Wildman–Crippen MR) is 91.3 cm³/mol. The van der Waals surface area contributed by atoms with Gasteiger partial charge < -0.3 is 10.4 Å². The molecular weight excluding hydrogens is 300 g/mol. The molecule has 1 amide bonds. The number of aliphatic hydroxyl groups excluding tert-OH is 1. The molecule has 122 valence electrons. The number of benzene rings is 2. The Kier molecular flexibility index (Phi) is 4.13. The predicted octanol–water partition coefficient (Wildman–Crippen LogP) is 2.97. The lowest BCUT2D eigenvalue weighted by molar-refractivity contribution is 0.00812. The van der Waals surface area contributed by atoms with E-state index in [4.69, 9.17) is 5.26 Å². The van der Waals surface area contributed by atoms with Gasteiger partial charge in [-0.25, -0.2) is 0 Å². The normalized spacial score (nSPS) is 21.4. The fraction of sp³-hybridized carbons (Fsp3) is 0.300. The lowest BCUT2D eigenvalue weighted by Crippen LogP contribution is -2.48. The van der Waals surface area contributed by atoms with Gasteiger partial charge in [0, 0.05) is 5.56 Å². The van der Waals surface area contributed by atoms with Crippen LogP contribution in [-0.2, 0) is 6.42 Å². The summed E-state index contributed by atoms with van der Waals surface area (Å²) in [5, 5.41) is 22.9. The van der Waals surface area contributed by atoms with Crippen molar-refractivity contribution in [3.8, 4) is 6.07 Å². The number of nitrogens with zero attached hydrogens (tertiary/aromatic N) is 1. The van der Waals surface area contributed by atoms with Gasteiger partial charge in [-0.05, 0) is 47.2 Å². The molecule has 2 aromatic rings. The molecule has 0 aliphatic heterocycles. The number of hydrogen-bond donors (Lipinski definition) is 2. The number of carbonyl (C=O) groups excluding carboxylic acids is 1. The van der Waals surface area contributed by atoms with E-state index < -0.39 is 12.1 Å². The fourth-order valence-electron chi connectivity index (χ4n) is 3.30. The zero-order valence-corrected chi connectivity index (χ0v) is 13.8. The molecule has 4 heteroatoms. The van der Waals surface area contributed by atoms with E-state index in [0.29, 0.717) is 17.5 Å². The third kappa shape index (κ3) is 2.91. The molecule has 2 atom stereocenters. The van der Waals surface area contributed by atoms with Gasteiger partial charge in [0.1, 0.15) is 0 Å². The molecule has 0 radical (unpaired) electrons. The molecule has 2 aromatic carbocycles. The van der Waals surface area contributed by atoms with Crippen molar-refractivity contribution in [2.45, 2.75) is 32.4 Å². The SMILES string of the molecule is CC1(C)Cc2ccc(C#N)cc2[C@@H](NC(=O)c2ccccc2)[C@@H]1O. The highest BCUT2D eigenvalue weighted by Crippen LogP contribution is 2.41. The summed E-state index contributed by atoms with van der Waals surface area (Å²) in [6.45, 7) is 3.97. The molecule has 0 fully saturated rings. The molecule has 24 heavy (non-hydrogen) atoms. The summed E-state index contributed by atoms with van der Waals surface area (Å²) in [5.74, 6) is -0.231. The smallest absolute Gasteiger partial charge is 0.251 e. The van der Waals surface area contributed by atoms with Crippen molar-refractivity contribution in [2.24, 2.45) is 5.41 Å². The molecule has 0 unspecified atom stereocenters. The van der Waals surface area contributed by atoms with Crippen LogP contribution in [0.1, 0.15) is 46.9 Å². The van der Waals surface area contributed by atoms with Crippen molar-refractivity contribution >= 4 is 5.91 Å². The second kappa shape index (κ2) is 6.10. The summed E-state index contributed by atoms with van der Waals surface area (Å²) in [6, 6.07) is 16.0. The maximum Gasteiger partial charge on any atom is 0.251 e. The number of nitrogens with one attached hydrogen (secondary N) is 1. The molecule has 0 heterocycles. The van der Waals surface area contributed by atoms with Crippen LogP contribution < -0.4 is 5.32 Å². The average Bonchev–Trinajstić information content (AvgIpc) is 2.59. The van der Waals surface area contributed by atoms with E-state index in [0.717, 1.165) is 11.1 Å². The van der Waals surface area contributed by atoms with E-state index in [1.54, 1.807) is 36.4 Å². The zero-order valence-electron chi connectivity index (χ0n) is 13.8. The van der Waals surface area contributed by atoms with Crippen LogP contribution in [0.2, 0.25) is 0 Å². The summed E-state index contributed by atoms with van der Waals surface area (Å²) < 4.78 is 0. The molecule has 3 rings (SSSR count). The van der Waals surface area contributed by atoms with E-state index in [1.807, 2.05) is 26.0 Å². The topological polar surface area (TPSA) is 73.1 Å². The minimum absolute atomic E-state index is 0.231. The Morgan fingerprint density at radius 1 is 1.25 bits per heavy atom. The number of carbonyl (C=O) groups is 1.